The normalized spacial score (nSPS) is 9.75. The molecule has 0 atom stereocenters. The minimum absolute atomic E-state index is 0.702. The molecule has 0 bridgehead atoms. The van der Waals surface area contributed by atoms with Crippen molar-refractivity contribution in [3.63, 3.8) is 0 Å². The van der Waals surface area contributed by atoms with Crippen LogP contribution in [0, 0.1) is 0 Å². The molecular weight excluding hydrogens is 144 g/mol. The third-order valence-electron chi connectivity index (χ3n) is 0.609. The third kappa shape index (κ3) is 0.948. The van der Waals surface area contributed by atoms with Gasteiger partial charge < -0.3 is 0 Å². The molecule has 0 saturated heterocycles. The molecule has 44 valence electrons. The lowest BCUT2D eigenvalue weighted by Crippen LogP contribution is -1.83. The van der Waals surface area contributed by atoms with Crippen LogP contribution in [0.2, 0.25) is 0 Å². The van der Waals surface area contributed by atoms with Crippen LogP contribution in [-0.4, -0.2) is 25.9 Å². The average Bonchev–Trinajstić information content (AvgIpc) is 2.14. The van der Waals surface area contributed by atoms with Gasteiger partial charge in [0.25, 0.3) is 0 Å². The Labute approximate surface area is 56.2 Å². The van der Waals surface area contributed by atoms with Gasteiger partial charge in [0.05, 0.1) is 0 Å². The maximum absolute atomic E-state index is 3.89. The van der Waals surface area contributed by atoms with E-state index in [4.69, 9.17) is 0 Å². The quantitative estimate of drug-likeness (QED) is 0.453. The van der Waals surface area contributed by atoms with Crippen molar-refractivity contribution in [2.45, 2.75) is 5.16 Å². The summed E-state index contributed by atoms with van der Waals surface area (Å²) < 4.78 is 1.32. The number of nitrogens with zero attached hydrogens (tertiary/aromatic N) is 4. The van der Waals surface area contributed by atoms with Gasteiger partial charge in [-0.15, -0.1) is 5.10 Å². The molecule has 0 aliphatic heterocycles. The zero-order chi connectivity index (χ0) is 5.98. The Balaban J connectivity index is 2.92. The molecular formula is C2H4N4S2. The molecule has 1 rings (SSSR count). The highest BCUT2D eigenvalue weighted by atomic mass is 32.2. The number of hydrogen-bond acceptors (Lipinski definition) is 5. The van der Waals surface area contributed by atoms with Crippen LogP contribution in [0.4, 0.5) is 0 Å². The first-order valence-corrected chi connectivity index (χ1v) is 3.48. The van der Waals surface area contributed by atoms with Crippen molar-refractivity contribution in [2.24, 2.45) is 0 Å². The Morgan fingerprint density at radius 2 is 2.50 bits per heavy atom. The van der Waals surface area contributed by atoms with Gasteiger partial charge in [-0.1, -0.05) is 11.8 Å². The smallest absolute Gasteiger partial charge is 0.163 e. The Bertz CT molecular complexity index is 172. The molecule has 0 N–H and O–H groups in total. The molecule has 1 heterocycles. The minimum Gasteiger partial charge on any atom is -0.163 e. The highest BCUT2D eigenvalue weighted by Gasteiger charge is 1.96. The first-order chi connectivity index (χ1) is 3.84. The first-order valence-electron chi connectivity index (χ1n) is 1.86. The highest BCUT2D eigenvalue weighted by molar-refractivity contribution is 7.98. The topological polar surface area (TPSA) is 43.6 Å². The third-order valence-corrected chi connectivity index (χ3v) is 1.63. The van der Waals surface area contributed by atoms with E-state index < -0.39 is 0 Å². The van der Waals surface area contributed by atoms with Crippen LogP contribution in [0.25, 0.3) is 0 Å². The van der Waals surface area contributed by atoms with Crippen LogP contribution in [-0.2, 0) is 0 Å². The molecule has 0 unspecified atom stereocenters. The minimum atomic E-state index is 0.702. The molecule has 0 saturated carbocycles. The molecule has 0 aromatic carbocycles. The van der Waals surface area contributed by atoms with Crippen molar-refractivity contribution >= 4 is 24.6 Å². The van der Waals surface area contributed by atoms with Gasteiger partial charge in [0.2, 0.25) is 5.16 Å². The van der Waals surface area contributed by atoms with Crippen LogP contribution in [0.3, 0.4) is 0 Å². The molecule has 6 heteroatoms. The molecule has 0 fully saturated rings. The van der Waals surface area contributed by atoms with Crippen molar-refractivity contribution in [1.29, 1.82) is 0 Å². The Morgan fingerprint density at radius 1 is 1.75 bits per heavy atom. The van der Waals surface area contributed by atoms with Crippen molar-refractivity contribution in [3.8, 4) is 0 Å². The summed E-state index contributed by atoms with van der Waals surface area (Å²) in [5.74, 6) is 0. The predicted octanol–water partition coefficient (Wildman–Crippen LogP) is 0.0879. The zero-order valence-corrected chi connectivity index (χ0v) is 5.86. The van der Waals surface area contributed by atoms with E-state index in [1.807, 2.05) is 6.26 Å². The number of thioether (sulfide) groups is 1. The molecule has 4 nitrogen and oxygen atoms in total. The summed E-state index contributed by atoms with van der Waals surface area (Å²) in [6, 6.07) is 0. The molecule has 8 heavy (non-hydrogen) atoms. The maximum atomic E-state index is 3.89. The first kappa shape index (κ1) is 5.90. The highest BCUT2D eigenvalue weighted by Crippen LogP contribution is 2.07. The average molecular weight is 148 g/mol. The van der Waals surface area contributed by atoms with E-state index in [1.165, 1.54) is 15.8 Å². The lowest BCUT2D eigenvalue weighted by atomic mass is 11.4. The van der Waals surface area contributed by atoms with Crippen molar-refractivity contribution in [2.75, 3.05) is 6.26 Å². The van der Waals surface area contributed by atoms with Gasteiger partial charge in [0.1, 0.15) is 0 Å². The number of rotatable bonds is 1. The molecule has 1 aromatic heterocycles. The van der Waals surface area contributed by atoms with Crippen LogP contribution in [0.5, 0.6) is 0 Å². The van der Waals surface area contributed by atoms with E-state index in [-0.39, 0.29) is 0 Å². The Morgan fingerprint density at radius 3 is 2.75 bits per heavy atom. The molecule has 0 amide bonds. The summed E-state index contributed by atoms with van der Waals surface area (Å²) in [5, 5.41) is 11.2. The van der Waals surface area contributed by atoms with Gasteiger partial charge in [0, 0.05) is 0 Å². The van der Waals surface area contributed by atoms with E-state index in [0.717, 1.165) is 0 Å². The zero-order valence-electron chi connectivity index (χ0n) is 4.14. The SMILES string of the molecule is CSc1nnnn1S. The second-order valence-electron chi connectivity index (χ2n) is 1.06. The molecule has 1 aromatic rings. The summed E-state index contributed by atoms with van der Waals surface area (Å²) >= 11 is 5.34. The van der Waals surface area contributed by atoms with Gasteiger partial charge in [-0.05, 0) is 29.5 Å². The summed E-state index contributed by atoms with van der Waals surface area (Å²) in [7, 11) is 0. The lowest BCUT2D eigenvalue weighted by molar-refractivity contribution is 0.851. The fourth-order valence-electron chi connectivity index (χ4n) is 0.297. The van der Waals surface area contributed by atoms with Gasteiger partial charge in [-0.3, -0.25) is 0 Å². The van der Waals surface area contributed by atoms with E-state index in [1.54, 1.807) is 0 Å². The maximum Gasteiger partial charge on any atom is 0.219 e. The molecule has 0 spiro atoms. The van der Waals surface area contributed by atoms with Gasteiger partial charge in [0.15, 0.2) is 0 Å². The van der Waals surface area contributed by atoms with Crippen LogP contribution in [0.1, 0.15) is 0 Å². The molecule has 0 aliphatic carbocycles. The van der Waals surface area contributed by atoms with Crippen LogP contribution in [0.15, 0.2) is 5.16 Å². The van der Waals surface area contributed by atoms with Crippen molar-refractivity contribution < 1.29 is 0 Å². The monoisotopic (exact) mass is 148 g/mol. The van der Waals surface area contributed by atoms with Crippen LogP contribution >= 0.6 is 24.6 Å². The lowest BCUT2D eigenvalue weighted by Gasteiger charge is -1.85. The molecule has 0 aliphatic rings. The van der Waals surface area contributed by atoms with Gasteiger partial charge >= 0.3 is 0 Å². The summed E-state index contributed by atoms with van der Waals surface area (Å²) in [5.41, 5.74) is 0. The fourth-order valence-corrected chi connectivity index (χ4v) is 0.936. The van der Waals surface area contributed by atoms with Gasteiger partial charge in [-0.25, -0.2) is 0 Å². The second kappa shape index (κ2) is 2.36. The Hall–Kier alpha value is -0.230. The van der Waals surface area contributed by atoms with Crippen molar-refractivity contribution in [3.05, 3.63) is 0 Å². The van der Waals surface area contributed by atoms with Crippen LogP contribution < -0.4 is 0 Å². The number of aromatic nitrogens is 4. The second-order valence-corrected chi connectivity index (χ2v) is 2.21. The standard InChI is InChI=1S/C2H4N4S2/c1-8-2-3-4-5-6(2)7/h7H,1H3. The van der Waals surface area contributed by atoms with Crippen molar-refractivity contribution in [1.82, 2.24) is 19.6 Å². The fraction of sp³-hybridized carbons (Fsp3) is 0.500. The van der Waals surface area contributed by atoms with E-state index >= 15 is 0 Å². The van der Waals surface area contributed by atoms with E-state index in [2.05, 4.69) is 28.3 Å². The number of tetrazole rings is 1. The summed E-state index contributed by atoms with van der Waals surface area (Å²) in [6.07, 6.45) is 1.89. The van der Waals surface area contributed by atoms with Gasteiger partial charge in [-0.2, -0.15) is 4.09 Å². The predicted molar refractivity (Wildman–Crippen MR) is 34.0 cm³/mol. The largest absolute Gasteiger partial charge is 0.219 e. The molecule has 0 radical (unpaired) electrons. The summed E-state index contributed by atoms with van der Waals surface area (Å²) in [6.45, 7) is 0. The van der Waals surface area contributed by atoms with E-state index in [0.29, 0.717) is 5.16 Å². The Kier molecular flexibility index (Phi) is 1.74. The van der Waals surface area contributed by atoms with E-state index in [9.17, 15) is 0 Å². The summed E-state index contributed by atoms with van der Waals surface area (Å²) in [4.78, 5) is 0. The number of hydrogen-bond donors (Lipinski definition) is 1. The number of thiol groups is 1.